The summed E-state index contributed by atoms with van der Waals surface area (Å²) in [6, 6.07) is 2.12. The van der Waals surface area contributed by atoms with Gasteiger partial charge in [-0.15, -0.1) is 0 Å². The monoisotopic (exact) mass is 224 g/mol. The predicted octanol–water partition coefficient (Wildman–Crippen LogP) is 2.72. The van der Waals surface area contributed by atoms with E-state index in [9.17, 15) is 4.79 Å². The fraction of sp³-hybridized carbons (Fsp3) is 0.636. The van der Waals surface area contributed by atoms with Gasteiger partial charge in [-0.25, -0.2) is 0 Å². The van der Waals surface area contributed by atoms with Crippen molar-refractivity contribution in [3.8, 4) is 0 Å². The van der Waals surface area contributed by atoms with Gasteiger partial charge in [-0.2, -0.15) is 0 Å². The molecule has 0 saturated heterocycles. The van der Waals surface area contributed by atoms with E-state index in [1.807, 2.05) is 6.92 Å². The Bertz CT molecular complexity index is 454. The molecule has 0 spiro atoms. The molecular weight excluding hydrogens is 208 g/mol. The van der Waals surface area contributed by atoms with E-state index in [4.69, 9.17) is 12.2 Å². The first-order valence-corrected chi connectivity index (χ1v) is 5.92. The molecule has 1 aromatic rings. The van der Waals surface area contributed by atoms with Gasteiger partial charge in [0.05, 0.1) is 0 Å². The summed E-state index contributed by atoms with van der Waals surface area (Å²) in [5, 5.41) is 0. The van der Waals surface area contributed by atoms with Gasteiger partial charge in [0.25, 0.3) is 5.56 Å². The number of aryl methyl sites for hydroxylation is 1. The molecule has 0 aliphatic heterocycles. The third-order valence-corrected chi connectivity index (χ3v) is 3.41. The van der Waals surface area contributed by atoms with Crippen molar-refractivity contribution < 1.29 is 0 Å². The van der Waals surface area contributed by atoms with Gasteiger partial charge < -0.3 is 4.57 Å². The highest BCUT2D eigenvalue weighted by Gasteiger charge is 2.16. The van der Waals surface area contributed by atoms with Crippen LogP contribution in [0, 0.1) is 11.7 Å². The van der Waals surface area contributed by atoms with E-state index in [2.05, 4.69) is 9.55 Å². The molecule has 0 amide bonds. The van der Waals surface area contributed by atoms with Gasteiger partial charge in [-0.05, 0) is 32.0 Å². The van der Waals surface area contributed by atoms with Gasteiger partial charge in [0, 0.05) is 17.8 Å². The molecule has 82 valence electrons. The summed E-state index contributed by atoms with van der Waals surface area (Å²) in [5.74, 6) is 0. The molecule has 1 aliphatic rings. The molecule has 15 heavy (non-hydrogen) atoms. The maximum Gasteiger partial charge on any atom is 0.251 e. The van der Waals surface area contributed by atoms with Crippen molar-refractivity contribution in [2.75, 3.05) is 0 Å². The minimum Gasteiger partial charge on any atom is -0.320 e. The number of nitrogens with zero attached hydrogens (tertiary/aromatic N) is 1. The molecule has 3 nitrogen and oxygen atoms in total. The van der Waals surface area contributed by atoms with Crippen molar-refractivity contribution in [2.24, 2.45) is 0 Å². The summed E-state index contributed by atoms with van der Waals surface area (Å²) in [7, 11) is 0. The van der Waals surface area contributed by atoms with Crippen LogP contribution in [0.2, 0.25) is 0 Å². The number of hydrogen-bond donors (Lipinski definition) is 1. The van der Waals surface area contributed by atoms with Gasteiger partial charge in [0.1, 0.15) is 0 Å². The van der Waals surface area contributed by atoms with E-state index in [1.54, 1.807) is 6.07 Å². The van der Waals surface area contributed by atoms with Gasteiger partial charge in [0.15, 0.2) is 4.77 Å². The largest absolute Gasteiger partial charge is 0.320 e. The Morgan fingerprint density at radius 1 is 1.40 bits per heavy atom. The Labute approximate surface area is 94.1 Å². The first kappa shape index (κ1) is 10.6. The number of H-pyrrole nitrogens is 1. The normalized spacial score (nSPS) is 17.9. The number of rotatable bonds is 1. The maximum atomic E-state index is 11.2. The van der Waals surface area contributed by atoms with Gasteiger partial charge in [-0.3, -0.25) is 9.78 Å². The predicted molar refractivity (Wildman–Crippen MR) is 62.7 cm³/mol. The van der Waals surface area contributed by atoms with Crippen LogP contribution in [-0.2, 0) is 0 Å². The summed E-state index contributed by atoms with van der Waals surface area (Å²) in [6.07, 6.45) is 6.23. The highest BCUT2D eigenvalue weighted by atomic mass is 32.1. The van der Waals surface area contributed by atoms with E-state index in [0.717, 1.165) is 5.69 Å². The molecule has 1 saturated carbocycles. The summed E-state index contributed by atoms with van der Waals surface area (Å²) in [5.41, 5.74) is 0.889. The third kappa shape index (κ3) is 2.20. The van der Waals surface area contributed by atoms with Crippen LogP contribution in [0.1, 0.15) is 43.8 Å². The van der Waals surface area contributed by atoms with E-state index < -0.39 is 0 Å². The molecular formula is C11H16N2OS. The van der Waals surface area contributed by atoms with Crippen LogP contribution in [0.5, 0.6) is 0 Å². The fourth-order valence-corrected chi connectivity index (χ4v) is 2.81. The average molecular weight is 224 g/mol. The van der Waals surface area contributed by atoms with Crippen molar-refractivity contribution >= 4 is 12.2 Å². The van der Waals surface area contributed by atoms with Crippen LogP contribution in [0.4, 0.5) is 0 Å². The summed E-state index contributed by atoms with van der Waals surface area (Å²) < 4.78 is 2.68. The first-order chi connectivity index (χ1) is 7.18. The van der Waals surface area contributed by atoms with E-state index in [-0.39, 0.29) is 5.56 Å². The molecule has 1 fully saturated rings. The molecule has 0 unspecified atom stereocenters. The molecule has 0 bridgehead atoms. The van der Waals surface area contributed by atoms with Crippen LogP contribution >= 0.6 is 12.2 Å². The minimum atomic E-state index is -0.0930. The molecule has 1 aromatic heterocycles. The van der Waals surface area contributed by atoms with Gasteiger partial charge in [0.2, 0.25) is 0 Å². The lowest BCUT2D eigenvalue weighted by molar-refractivity contribution is 0.341. The summed E-state index contributed by atoms with van der Waals surface area (Å²) in [6.45, 7) is 1.96. The number of nitrogens with one attached hydrogen (secondary N) is 1. The molecule has 1 heterocycles. The molecule has 4 heteroatoms. The zero-order chi connectivity index (χ0) is 10.8. The minimum absolute atomic E-state index is 0.0930. The third-order valence-electron chi connectivity index (χ3n) is 3.11. The van der Waals surface area contributed by atoms with Crippen LogP contribution in [0.25, 0.3) is 0 Å². The Morgan fingerprint density at radius 3 is 2.67 bits per heavy atom. The van der Waals surface area contributed by atoms with Crippen LogP contribution < -0.4 is 5.56 Å². The summed E-state index contributed by atoms with van der Waals surface area (Å²) in [4.78, 5) is 13.9. The van der Waals surface area contributed by atoms with Gasteiger partial charge >= 0.3 is 0 Å². The van der Waals surface area contributed by atoms with Crippen molar-refractivity contribution in [1.82, 2.24) is 9.55 Å². The van der Waals surface area contributed by atoms with Crippen LogP contribution in [0.3, 0.4) is 0 Å². The fourth-order valence-electron chi connectivity index (χ4n) is 2.41. The molecule has 0 radical (unpaired) electrons. The zero-order valence-corrected chi connectivity index (χ0v) is 9.77. The SMILES string of the molecule is Cc1cc(=O)[nH]c(=S)n1C1CCCCC1. The van der Waals surface area contributed by atoms with E-state index in [0.29, 0.717) is 10.8 Å². The Hall–Kier alpha value is -0.900. The first-order valence-electron chi connectivity index (χ1n) is 5.51. The highest BCUT2D eigenvalue weighted by molar-refractivity contribution is 7.71. The van der Waals surface area contributed by atoms with Crippen molar-refractivity contribution in [3.63, 3.8) is 0 Å². The highest BCUT2D eigenvalue weighted by Crippen LogP contribution is 2.28. The number of aromatic nitrogens is 2. The Morgan fingerprint density at radius 2 is 2.07 bits per heavy atom. The Balaban J connectivity index is 2.42. The Kier molecular flexibility index (Phi) is 3.05. The van der Waals surface area contributed by atoms with Crippen molar-refractivity contribution in [3.05, 3.63) is 26.9 Å². The quantitative estimate of drug-likeness (QED) is 0.745. The second-order valence-corrected chi connectivity index (χ2v) is 4.63. The topological polar surface area (TPSA) is 37.8 Å². The second kappa shape index (κ2) is 4.31. The molecule has 1 N–H and O–H groups in total. The lowest BCUT2D eigenvalue weighted by atomic mass is 9.95. The van der Waals surface area contributed by atoms with Crippen molar-refractivity contribution in [1.29, 1.82) is 0 Å². The molecule has 0 aromatic carbocycles. The van der Waals surface area contributed by atoms with Gasteiger partial charge in [-0.1, -0.05) is 19.3 Å². The second-order valence-electron chi connectivity index (χ2n) is 4.24. The number of hydrogen-bond acceptors (Lipinski definition) is 2. The van der Waals surface area contributed by atoms with E-state index in [1.165, 1.54) is 32.1 Å². The molecule has 2 rings (SSSR count). The van der Waals surface area contributed by atoms with Crippen LogP contribution in [0.15, 0.2) is 10.9 Å². The molecule has 0 atom stereocenters. The van der Waals surface area contributed by atoms with E-state index >= 15 is 0 Å². The number of aromatic amines is 1. The lowest BCUT2D eigenvalue weighted by Crippen LogP contribution is -2.21. The maximum absolute atomic E-state index is 11.2. The standard InChI is InChI=1S/C11H16N2OS/c1-8-7-10(14)12-11(15)13(8)9-5-3-2-4-6-9/h7,9H,2-6H2,1H3,(H,12,14,15). The van der Waals surface area contributed by atoms with Crippen LogP contribution in [-0.4, -0.2) is 9.55 Å². The smallest absolute Gasteiger partial charge is 0.251 e. The molecule has 1 aliphatic carbocycles. The zero-order valence-electron chi connectivity index (χ0n) is 8.95. The average Bonchev–Trinajstić information content (AvgIpc) is 2.17. The lowest BCUT2D eigenvalue weighted by Gasteiger charge is -2.26. The van der Waals surface area contributed by atoms with Crippen molar-refractivity contribution in [2.45, 2.75) is 45.1 Å². The summed E-state index contributed by atoms with van der Waals surface area (Å²) >= 11 is 5.22.